The molecule has 6 nitrogen and oxygen atoms in total. The van der Waals surface area contributed by atoms with E-state index in [0.29, 0.717) is 12.8 Å². The van der Waals surface area contributed by atoms with E-state index in [1.807, 2.05) is 12.5 Å². The van der Waals surface area contributed by atoms with Crippen molar-refractivity contribution in [1.82, 2.24) is 0 Å². The molecule has 0 saturated carbocycles. The summed E-state index contributed by atoms with van der Waals surface area (Å²) in [5, 5.41) is 19.9. The van der Waals surface area contributed by atoms with Gasteiger partial charge in [-0.25, -0.2) is 0 Å². The van der Waals surface area contributed by atoms with Gasteiger partial charge in [0, 0.05) is 12.1 Å². The summed E-state index contributed by atoms with van der Waals surface area (Å²) in [7, 11) is 0. The number of carbonyl (C=O) groups is 2. The van der Waals surface area contributed by atoms with E-state index in [1.54, 1.807) is 23.5 Å². The van der Waals surface area contributed by atoms with Gasteiger partial charge in [0.1, 0.15) is 0 Å². The van der Waals surface area contributed by atoms with Gasteiger partial charge in [-0.05, 0) is 36.9 Å². The van der Waals surface area contributed by atoms with Gasteiger partial charge in [-0.1, -0.05) is 0 Å². The predicted molar refractivity (Wildman–Crippen MR) is 72.0 cm³/mol. The Hall–Kier alpha value is 0.0795. The van der Waals surface area contributed by atoms with Crippen LogP contribution >= 0.6 is 23.5 Å². The van der Waals surface area contributed by atoms with Crippen LogP contribution in [0.15, 0.2) is 0 Å². The maximum atomic E-state index is 9.96. The van der Waals surface area contributed by atoms with Gasteiger partial charge < -0.3 is 31.3 Å². The van der Waals surface area contributed by atoms with Gasteiger partial charge in [-0.15, -0.1) is 0 Å². The topological polar surface area (TPSA) is 132 Å². The third kappa shape index (κ3) is 18.1. The molecule has 0 bridgehead atoms. The Morgan fingerprint density at radius 1 is 0.947 bits per heavy atom. The Bertz CT molecular complexity index is 224. The van der Waals surface area contributed by atoms with Crippen LogP contribution in [0.4, 0.5) is 0 Å². The number of thioether (sulfide) groups is 2. The minimum Gasteiger partial charge on any atom is -0.548 e. The van der Waals surface area contributed by atoms with Gasteiger partial charge in [-0.3, -0.25) is 0 Å². The number of carbonyl (C=O) groups excluding carboxylic acids is 2. The van der Waals surface area contributed by atoms with Crippen LogP contribution < -0.4 is 21.7 Å². The van der Waals surface area contributed by atoms with Gasteiger partial charge in [0.15, 0.2) is 0 Å². The normalized spacial score (nSPS) is 12.4. The van der Waals surface area contributed by atoms with Crippen LogP contribution in [0, 0.1) is 0 Å². The molecular weight excluding hydrogens is 332 g/mol. The molecule has 4 N–H and O–H groups in total. The van der Waals surface area contributed by atoms with E-state index in [2.05, 4.69) is 0 Å². The van der Waals surface area contributed by atoms with Gasteiger partial charge in [0.2, 0.25) is 0 Å². The van der Waals surface area contributed by atoms with Crippen LogP contribution in [0.5, 0.6) is 0 Å². The fourth-order valence-electron chi connectivity index (χ4n) is 0.725. The van der Waals surface area contributed by atoms with E-state index < -0.39 is 24.0 Å². The predicted octanol–water partition coefficient (Wildman–Crippen LogP) is -2.37. The molecule has 2 atom stereocenters. The quantitative estimate of drug-likeness (QED) is 0.463. The first-order valence-electron chi connectivity index (χ1n) is 5.27. The maximum Gasteiger partial charge on any atom is 2.00 e. The average Bonchev–Trinajstić information content (AvgIpc) is 2.33. The first kappa shape index (κ1) is 24.1. The molecule has 0 amide bonds. The molecule has 0 spiro atoms. The van der Waals surface area contributed by atoms with Crippen LogP contribution in [0.2, 0.25) is 0 Å². The fraction of sp³-hybridized carbons (Fsp3) is 0.800. The monoisotopic (exact) mass is 352 g/mol. The number of aliphatic carboxylic acids is 2. The van der Waals surface area contributed by atoms with Crippen LogP contribution in [0.25, 0.3) is 0 Å². The summed E-state index contributed by atoms with van der Waals surface area (Å²) in [5.41, 5.74) is 10.3. The molecule has 9 heteroatoms. The molecule has 0 radical (unpaired) electrons. The number of rotatable bonds is 8. The first-order chi connectivity index (χ1) is 8.36. The first-order valence-corrected chi connectivity index (χ1v) is 8.06. The van der Waals surface area contributed by atoms with Crippen LogP contribution in [0.3, 0.4) is 0 Å². The standard InChI is InChI=1S/2C5H11NO2S.Fe/c2*1-9-3-2-4(6)5(7)8;/h2*4H,2-3,6H2,1H3,(H,7,8);/q;;+2/p-2. The fourth-order valence-corrected chi connectivity index (χ4v) is 1.70. The van der Waals surface area contributed by atoms with Crippen LogP contribution in [-0.2, 0) is 26.7 Å². The van der Waals surface area contributed by atoms with E-state index in [9.17, 15) is 19.8 Å². The second-order valence-electron chi connectivity index (χ2n) is 3.41. The van der Waals surface area contributed by atoms with E-state index in [-0.39, 0.29) is 17.1 Å². The maximum absolute atomic E-state index is 9.96. The molecular formula is C10H20FeN2O4S2. The minimum atomic E-state index is -1.16. The molecule has 19 heavy (non-hydrogen) atoms. The Morgan fingerprint density at radius 3 is 1.37 bits per heavy atom. The molecule has 0 aromatic heterocycles. The van der Waals surface area contributed by atoms with Crippen molar-refractivity contribution in [1.29, 1.82) is 0 Å². The largest absolute Gasteiger partial charge is 2.00 e. The molecule has 0 heterocycles. The van der Waals surface area contributed by atoms with Gasteiger partial charge >= 0.3 is 17.1 Å². The molecule has 2 unspecified atom stereocenters. The molecule has 0 aromatic rings. The van der Waals surface area contributed by atoms with Crippen molar-refractivity contribution < 1.29 is 36.9 Å². The zero-order valence-electron chi connectivity index (χ0n) is 10.9. The number of hydrogen-bond acceptors (Lipinski definition) is 8. The number of nitrogens with two attached hydrogens (primary N) is 2. The molecule has 0 aliphatic rings. The minimum absolute atomic E-state index is 0. The van der Waals surface area contributed by atoms with E-state index in [4.69, 9.17) is 11.5 Å². The summed E-state index contributed by atoms with van der Waals surface area (Å²) in [6, 6.07) is -1.59. The van der Waals surface area contributed by atoms with Crippen molar-refractivity contribution in [2.24, 2.45) is 11.5 Å². The van der Waals surface area contributed by atoms with Crippen molar-refractivity contribution in [3.05, 3.63) is 0 Å². The van der Waals surface area contributed by atoms with Gasteiger partial charge in [-0.2, -0.15) is 23.5 Å². The van der Waals surface area contributed by atoms with Crippen LogP contribution in [-0.4, -0.2) is 48.0 Å². The third-order valence-corrected chi connectivity index (χ3v) is 3.16. The number of hydrogen-bond donors (Lipinski definition) is 2. The molecule has 0 aromatic carbocycles. The summed E-state index contributed by atoms with van der Waals surface area (Å²) in [6.07, 6.45) is 4.79. The second-order valence-corrected chi connectivity index (χ2v) is 5.39. The van der Waals surface area contributed by atoms with Crippen molar-refractivity contribution in [2.75, 3.05) is 24.0 Å². The Kier molecular flexibility index (Phi) is 20.5. The number of carboxylic acid groups (broad SMARTS) is 2. The molecule has 0 aliphatic heterocycles. The van der Waals surface area contributed by atoms with Crippen molar-refractivity contribution >= 4 is 35.5 Å². The Morgan fingerprint density at radius 2 is 1.21 bits per heavy atom. The summed E-state index contributed by atoms with van der Waals surface area (Å²) in [5.74, 6) is -0.780. The third-order valence-electron chi connectivity index (χ3n) is 1.87. The zero-order valence-corrected chi connectivity index (χ0v) is 13.7. The molecule has 114 valence electrons. The zero-order chi connectivity index (χ0) is 14.6. The number of carboxylic acids is 2. The summed E-state index contributed by atoms with van der Waals surface area (Å²) >= 11 is 3.15. The van der Waals surface area contributed by atoms with Gasteiger partial charge in [0.25, 0.3) is 0 Å². The molecule has 0 rings (SSSR count). The summed E-state index contributed by atoms with van der Waals surface area (Å²) in [6.45, 7) is 0. The van der Waals surface area contributed by atoms with E-state index >= 15 is 0 Å². The van der Waals surface area contributed by atoms with Crippen molar-refractivity contribution in [3.8, 4) is 0 Å². The van der Waals surface area contributed by atoms with E-state index in [0.717, 1.165) is 11.5 Å². The van der Waals surface area contributed by atoms with Crippen molar-refractivity contribution in [3.63, 3.8) is 0 Å². The average molecular weight is 352 g/mol. The van der Waals surface area contributed by atoms with Gasteiger partial charge in [0.05, 0.1) is 11.9 Å². The van der Waals surface area contributed by atoms with Crippen molar-refractivity contribution in [2.45, 2.75) is 24.9 Å². The smallest absolute Gasteiger partial charge is 0.548 e. The summed E-state index contributed by atoms with van der Waals surface area (Å²) < 4.78 is 0. The molecule has 0 aliphatic carbocycles. The Labute approximate surface area is 132 Å². The summed E-state index contributed by atoms with van der Waals surface area (Å²) in [4.78, 5) is 19.9. The molecule has 0 saturated heterocycles. The second kappa shape index (κ2) is 16.1. The molecule has 0 fully saturated rings. The SMILES string of the molecule is CSCCC(N)C(=O)[O-].CSCCC(N)C(=O)[O-].[Fe+2]. The van der Waals surface area contributed by atoms with Crippen LogP contribution in [0.1, 0.15) is 12.8 Å². The Balaban J connectivity index is -0.000000256. The van der Waals surface area contributed by atoms with E-state index in [1.165, 1.54) is 0 Å².